The third-order valence-electron chi connectivity index (χ3n) is 1.74. The lowest BCUT2D eigenvalue weighted by atomic mass is 10.1. The van der Waals surface area contributed by atoms with E-state index in [9.17, 15) is 18.0 Å². The lowest BCUT2D eigenvalue weighted by Crippen LogP contribution is -2.12. The Kier molecular flexibility index (Phi) is 3.48. The van der Waals surface area contributed by atoms with Crippen LogP contribution in [0.15, 0.2) is 12.1 Å². The van der Waals surface area contributed by atoms with E-state index >= 15 is 0 Å². The second kappa shape index (κ2) is 4.33. The Morgan fingerprint density at radius 3 is 2.38 bits per heavy atom. The van der Waals surface area contributed by atoms with Gasteiger partial charge in [0.1, 0.15) is 5.56 Å². The molecule has 0 aliphatic heterocycles. The number of rotatable bonds is 1. The number of hydrogen-bond acceptors (Lipinski definition) is 2. The first-order chi connectivity index (χ1) is 7.21. The standard InChI is InChI=1S/C10H8ClF3O2/c1-5-3-7(10(12,13)14)9(8(11)4-5)16-6(2)15/h3-4H,1-2H3. The molecule has 0 heterocycles. The minimum Gasteiger partial charge on any atom is -0.424 e. The maximum absolute atomic E-state index is 12.6. The predicted octanol–water partition coefficient (Wildman–Crippen LogP) is 3.59. The molecule has 2 nitrogen and oxygen atoms in total. The first kappa shape index (κ1) is 12.8. The van der Waals surface area contributed by atoms with Crippen molar-refractivity contribution in [2.24, 2.45) is 0 Å². The van der Waals surface area contributed by atoms with Crippen molar-refractivity contribution in [3.63, 3.8) is 0 Å². The number of alkyl halides is 3. The van der Waals surface area contributed by atoms with Crippen molar-refractivity contribution < 1.29 is 22.7 Å². The Morgan fingerprint density at radius 1 is 1.38 bits per heavy atom. The molecule has 0 saturated heterocycles. The van der Waals surface area contributed by atoms with Crippen molar-refractivity contribution in [2.45, 2.75) is 20.0 Å². The summed E-state index contributed by atoms with van der Waals surface area (Å²) in [5.74, 6) is -1.50. The summed E-state index contributed by atoms with van der Waals surface area (Å²) in [4.78, 5) is 10.7. The molecule has 0 unspecified atom stereocenters. The Balaban J connectivity index is 3.38. The molecule has 0 aromatic heterocycles. The summed E-state index contributed by atoms with van der Waals surface area (Å²) in [6.07, 6.45) is -4.61. The molecule has 0 atom stereocenters. The summed E-state index contributed by atoms with van der Waals surface area (Å²) < 4.78 is 42.3. The minimum atomic E-state index is -4.61. The van der Waals surface area contributed by atoms with E-state index in [1.807, 2.05) is 0 Å². The van der Waals surface area contributed by atoms with Crippen molar-refractivity contribution in [2.75, 3.05) is 0 Å². The van der Waals surface area contributed by atoms with Gasteiger partial charge in [-0.3, -0.25) is 4.79 Å². The first-order valence-corrected chi connectivity index (χ1v) is 4.65. The molecule has 0 saturated carbocycles. The second-order valence-corrected chi connectivity index (χ2v) is 3.62. The van der Waals surface area contributed by atoms with Gasteiger partial charge in [0.05, 0.1) is 5.02 Å². The smallest absolute Gasteiger partial charge is 0.420 e. The van der Waals surface area contributed by atoms with Crippen LogP contribution in [-0.2, 0) is 11.0 Å². The summed E-state index contributed by atoms with van der Waals surface area (Å²) in [5, 5.41) is -0.234. The number of benzene rings is 1. The van der Waals surface area contributed by atoms with Crippen LogP contribution < -0.4 is 4.74 Å². The maximum Gasteiger partial charge on any atom is 0.420 e. The highest BCUT2D eigenvalue weighted by Crippen LogP contribution is 2.41. The third-order valence-corrected chi connectivity index (χ3v) is 2.02. The molecule has 0 N–H and O–H groups in total. The van der Waals surface area contributed by atoms with Gasteiger partial charge in [-0.05, 0) is 24.6 Å². The molecule has 88 valence electrons. The molecule has 0 radical (unpaired) electrons. The predicted molar refractivity (Wildman–Crippen MR) is 52.5 cm³/mol. The number of esters is 1. The molecule has 1 aromatic carbocycles. The van der Waals surface area contributed by atoms with Crippen molar-refractivity contribution >= 4 is 17.6 Å². The van der Waals surface area contributed by atoms with Crippen molar-refractivity contribution in [3.8, 4) is 5.75 Å². The lowest BCUT2D eigenvalue weighted by molar-refractivity contribution is -0.141. The summed E-state index contributed by atoms with van der Waals surface area (Å²) in [5.41, 5.74) is -0.707. The van der Waals surface area contributed by atoms with Gasteiger partial charge in [-0.1, -0.05) is 11.6 Å². The quantitative estimate of drug-likeness (QED) is 0.564. The van der Waals surface area contributed by atoms with Gasteiger partial charge in [-0.2, -0.15) is 13.2 Å². The number of halogens is 4. The van der Waals surface area contributed by atoms with E-state index in [4.69, 9.17) is 11.6 Å². The molecule has 0 aliphatic rings. The third kappa shape index (κ3) is 2.88. The fourth-order valence-electron chi connectivity index (χ4n) is 1.19. The van der Waals surface area contributed by atoms with Gasteiger partial charge in [0.25, 0.3) is 0 Å². The summed E-state index contributed by atoms with van der Waals surface area (Å²) in [6.45, 7) is 2.48. The number of carbonyl (C=O) groups is 1. The Morgan fingerprint density at radius 2 is 1.94 bits per heavy atom. The minimum absolute atomic E-state index is 0.234. The van der Waals surface area contributed by atoms with E-state index in [1.54, 1.807) is 0 Å². The normalized spacial score (nSPS) is 11.4. The highest BCUT2D eigenvalue weighted by atomic mass is 35.5. The zero-order valence-electron chi connectivity index (χ0n) is 8.48. The van der Waals surface area contributed by atoms with Crippen LogP contribution in [0.5, 0.6) is 5.75 Å². The average Bonchev–Trinajstić information content (AvgIpc) is 2.06. The molecule has 0 bridgehead atoms. The van der Waals surface area contributed by atoms with Crippen LogP contribution in [0.2, 0.25) is 5.02 Å². The van der Waals surface area contributed by atoms with Gasteiger partial charge in [-0.25, -0.2) is 0 Å². The van der Waals surface area contributed by atoms with E-state index < -0.39 is 23.5 Å². The molecule has 0 spiro atoms. The number of ether oxygens (including phenoxy) is 1. The van der Waals surface area contributed by atoms with E-state index in [2.05, 4.69) is 4.74 Å². The van der Waals surface area contributed by atoms with Crippen molar-refractivity contribution in [1.29, 1.82) is 0 Å². The zero-order chi connectivity index (χ0) is 12.5. The van der Waals surface area contributed by atoms with Crippen LogP contribution in [0.25, 0.3) is 0 Å². The van der Waals surface area contributed by atoms with Crippen molar-refractivity contribution in [1.82, 2.24) is 0 Å². The fourth-order valence-corrected chi connectivity index (χ4v) is 1.50. The van der Waals surface area contributed by atoms with E-state index in [0.29, 0.717) is 5.56 Å². The van der Waals surface area contributed by atoms with Crippen LogP contribution in [0.3, 0.4) is 0 Å². The summed E-state index contributed by atoms with van der Waals surface area (Å²) in [7, 11) is 0. The Labute approximate surface area is 95.0 Å². The van der Waals surface area contributed by atoms with Gasteiger partial charge < -0.3 is 4.74 Å². The second-order valence-electron chi connectivity index (χ2n) is 3.21. The molecule has 0 fully saturated rings. The van der Waals surface area contributed by atoms with Crippen LogP contribution >= 0.6 is 11.6 Å². The van der Waals surface area contributed by atoms with Gasteiger partial charge >= 0.3 is 12.1 Å². The maximum atomic E-state index is 12.6. The number of hydrogen-bond donors (Lipinski definition) is 0. The molecule has 0 aliphatic carbocycles. The number of carbonyl (C=O) groups excluding carboxylic acids is 1. The first-order valence-electron chi connectivity index (χ1n) is 4.27. The molecular weight excluding hydrogens is 245 g/mol. The highest BCUT2D eigenvalue weighted by Gasteiger charge is 2.36. The number of aryl methyl sites for hydroxylation is 1. The van der Waals surface area contributed by atoms with Gasteiger partial charge in [0.15, 0.2) is 5.75 Å². The largest absolute Gasteiger partial charge is 0.424 e. The molecule has 6 heteroatoms. The van der Waals surface area contributed by atoms with E-state index in [-0.39, 0.29) is 5.02 Å². The van der Waals surface area contributed by atoms with Crippen LogP contribution in [0.4, 0.5) is 13.2 Å². The van der Waals surface area contributed by atoms with Crippen LogP contribution in [0.1, 0.15) is 18.1 Å². The average molecular weight is 253 g/mol. The molecular formula is C10H8ClF3O2. The SMILES string of the molecule is CC(=O)Oc1c(Cl)cc(C)cc1C(F)(F)F. The highest BCUT2D eigenvalue weighted by molar-refractivity contribution is 6.32. The Bertz CT molecular complexity index is 427. The van der Waals surface area contributed by atoms with Gasteiger partial charge in [-0.15, -0.1) is 0 Å². The van der Waals surface area contributed by atoms with E-state index in [1.165, 1.54) is 13.0 Å². The summed E-state index contributed by atoms with van der Waals surface area (Å²) in [6, 6.07) is 2.18. The molecule has 0 amide bonds. The lowest BCUT2D eigenvalue weighted by Gasteiger charge is -2.14. The fraction of sp³-hybridized carbons (Fsp3) is 0.300. The molecule has 1 rings (SSSR count). The zero-order valence-corrected chi connectivity index (χ0v) is 9.24. The topological polar surface area (TPSA) is 26.3 Å². The van der Waals surface area contributed by atoms with E-state index in [0.717, 1.165) is 13.0 Å². The van der Waals surface area contributed by atoms with Gasteiger partial charge in [0.2, 0.25) is 0 Å². The molecule has 16 heavy (non-hydrogen) atoms. The summed E-state index contributed by atoms with van der Waals surface area (Å²) >= 11 is 5.61. The van der Waals surface area contributed by atoms with Crippen molar-refractivity contribution in [3.05, 3.63) is 28.3 Å². The van der Waals surface area contributed by atoms with Crippen LogP contribution in [-0.4, -0.2) is 5.97 Å². The Hall–Kier alpha value is -1.23. The van der Waals surface area contributed by atoms with Gasteiger partial charge in [0, 0.05) is 6.92 Å². The van der Waals surface area contributed by atoms with Crippen LogP contribution in [0, 0.1) is 6.92 Å². The molecule has 1 aromatic rings. The monoisotopic (exact) mass is 252 g/mol.